The van der Waals surface area contributed by atoms with Crippen molar-refractivity contribution in [2.75, 3.05) is 0 Å². The van der Waals surface area contributed by atoms with E-state index in [0.717, 1.165) is 12.8 Å². The molecule has 0 aliphatic heterocycles. The van der Waals surface area contributed by atoms with Gasteiger partial charge in [-0.3, -0.25) is 4.79 Å². The molecule has 0 atom stereocenters. The van der Waals surface area contributed by atoms with Gasteiger partial charge in [-0.15, -0.1) is 0 Å². The highest BCUT2D eigenvalue weighted by molar-refractivity contribution is 5.66. The van der Waals surface area contributed by atoms with Crippen molar-refractivity contribution in [2.45, 2.75) is 508 Å². The number of aliphatic carboxylic acids is 1. The molecule has 2 heteroatoms. The van der Waals surface area contributed by atoms with E-state index in [4.69, 9.17) is 5.11 Å². The molecule has 0 aliphatic rings. The van der Waals surface area contributed by atoms with Gasteiger partial charge in [0.05, 0.1) is 0 Å². The molecule has 492 valence electrons. The Morgan fingerprint density at radius 3 is 0.293 bits per heavy atom. The van der Waals surface area contributed by atoms with E-state index in [1.165, 1.54) is 482 Å². The van der Waals surface area contributed by atoms with Gasteiger partial charge in [-0.05, 0) is 6.42 Å². The van der Waals surface area contributed by atoms with Gasteiger partial charge >= 0.3 is 5.97 Å². The summed E-state index contributed by atoms with van der Waals surface area (Å²) >= 11 is 0. The topological polar surface area (TPSA) is 37.3 Å². The number of hydrogen-bond acceptors (Lipinski definition) is 1. The van der Waals surface area contributed by atoms with Crippen molar-refractivity contribution < 1.29 is 9.90 Å². The molecule has 2 nitrogen and oxygen atoms in total. The van der Waals surface area contributed by atoms with Crippen LogP contribution in [0.5, 0.6) is 0 Å². The lowest BCUT2D eigenvalue weighted by atomic mass is 10.0. The van der Waals surface area contributed by atoms with E-state index < -0.39 is 5.97 Å². The van der Waals surface area contributed by atoms with Crippen molar-refractivity contribution in [1.29, 1.82) is 0 Å². The van der Waals surface area contributed by atoms with Gasteiger partial charge in [-0.2, -0.15) is 0 Å². The summed E-state index contributed by atoms with van der Waals surface area (Å²) in [6.45, 7) is 2.31. The Bertz CT molecular complexity index is 1080. The molecule has 0 aromatic rings. The molecule has 0 fully saturated rings. The second-order valence-electron chi connectivity index (χ2n) is 28.0. The number of hydrogen-bond donors (Lipinski definition) is 1. The summed E-state index contributed by atoms with van der Waals surface area (Å²) in [5, 5.41) is 8.69. The maximum absolute atomic E-state index is 10.5. The molecular formula is C80H160O2. The van der Waals surface area contributed by atoms with Crippen LogP contribution in [0.15, 0.2) is 0 Å². The van der Waals surface area contributed by atoms with Crippen molar-refractivity contribution in [3.63, 3.8) is 0 Å². The number of carboxylic acid groups (broad SMARTS) is 1. The van der Waals surface area contributed by atoms with E-state index in [9.17, 15) is 4.79 Å². The first kappa shape index (κ1) is 81.5. The molecule has 0 rings (SSSR count). The Labute approximate surface area is 521 Å². The van der Waals surface area contributed by atoms with Crippen LogP contribution >= 0.6 is 0 Å². The van der Waals surface area contributed by atoms with Crippen LogP contribution in [0.4, 0.5) is 0 Å². The van der Waals surface area contributed by atoms with E-state index in [1.807, 2.05) is 0 Å². The average Bonchev–Trinajstić information content (AvgIpc) is 3.47. The normalized spacial score (nSPS) is 11.7. The van der Waals surface area contributed by atoms with Gasteiger partial charge in [0.2, 0.25) is 0 Å². The van der Waals surface area contributed by atoms with Gasteiger partial charge in [0, 0.05) is 6.42 Å². The second-order valence-corrected chi connectivity index (χ2v) is 28.0. The van der Waals surface area contributed by atoms with Gasteiger partial charge in [0.25, 0.3) is 0 Å². The lowest BCUT2D eigenvalue weighted by Crippen LogP contribution is -1.93. The van der Waals surface area contributed by atoms with Crippen molar-refractivity contribution in [1.82, 2.24) is 0 Å². The number of carbonyl (C=O) groups is 1. The SMILES string of the molecule is CCCCCCCCCCCCCCCCCCCCCCCCCCCCCCCCCCCCCCCCCCCCCCCCCCCCCCCCCCCCCCCCCCCCCCCCCCCCCCCC(=O)O. The van der Waals surface area contributed by atoms with E-state index in [2.05, 4.69) is 6.92 Å². The quantitative estimate of drug-likeness (QED) is 0.0616. The van der Waals surface area contributed by atoms with E-state index in [-0.39, 0.29) is 0 Å². The molecule has 0 aromatic heterocycles. The third-order valence-electron chi connectivity index (χ3n) is 19.5. The zero-order valence-electron chi connectivity index (χ0n) is 57.5. The molecule has 0 heterocycles. The monoisotopic (exact) mass is 1150 g/mol. The molecule has 1 N–H and O–H groups in total. The first-order chi connectivity index (χ1) is 40.8. The minimum atomic E-state index is -0.645. The predicted molar refractivity (Wildman–Crippen MR) is 373 cm³/mol. The largest absolute Gasteiger partial charge is 0.481 e. The van der Waals surface area contributed by atoms with Crippen LogP contribution in [0.2, 0.25) is 0 Å². The van der Waals surface area contributed by atoms with Crippen LogP contribution in [0.1, 0.15) is 508 Å². The lowest BCUT2D eigenvalue weighted by Gasteiger charge is -2.05. The van der Waals surface area contributed by atoms with Gasteiger partial charge in [0.1, 0.15) is 0 Å². The van der Waals surface area contributed by atoms with Crippen molar-refractivity contribution in [3.8, 4) is 0 Å². The summed E-state index contributed by atoms with van der Waals surface area (Å²) in [6, 6.07) is 0. The highest BCUT2D eigenvalue weighted by Crippen LogP contribution is 2.22. The molecule has 0 unspecified atom stereocenters. The van der Waals surface area contributed by atoms with Crippen LogP contribution in [0.25, 0.3) is 0 Å². The average molecular weight is 1150 g/mol. The van der Waals surface area contributed by atoms with Gasteiger partial charge < -0.3 is 5.11 Å². The van der Waals surface area contributed by atoms with Crippen molar-refractivity contribution in [3.05, 3.63) is 0 Å². The Kier molecular flexibility index (Phi) is 78.0. The van der Waals surface area contributed by atoms with Crippen molar-refractivity contribution >= 4 is 5.97 Å². The molecule has 82 heavy (non-hydrogen) atoms. The molecule has 0 bridgehead atoms. The van der Waals surface area contributed by atoms with Crippen molar-refractivity contribution in [2.24, 2.45) is 0 Å². The summed E-state index contributed by atoms with van der Waals surface area (Å²) in [5.74, 6) is -0.645. The molecule has 0 aromatic carbocycles. The van der Waals surface area contributed by atoms with Gasteiger partial charge in [-0.25, -0.2) is 0 Å². The molecule has 0 aliphatic carbocycles. The van der Waals surface area contributed by atoms with E-state index >= 15 is 0 Å². The highest BCUT2D eigenvalue weighted by Gasteiger charge is 2.02. The zero-order valence-corrected chi connectivity index (χ0v) is 57.5. The predicted octanol–water partition coefficient (Wildman–Crippen LogP) is 30.5. The summed E-state index contributed by atoms with van der Waals surface area (Å²) in [5.41, 5.74) is 0. The fraction of sp³-hybridized carbons (Fsp3) is 0.988. The Hall–Kier alpha value is -0.530. The fourth-order valence-electron chi connectivity index (χ4n) is 13.6. The van der Waals surface area contributed by atoms with Crippen LogP contribution in [0.3, 0.4) is 0 Å². The van der Waals surface area contributed by atoms with E-state index in [1.54, 1.807) is 0 Å². The number of carboxylic acids is 1. The third kappa shape index (κ3) is 79.5. The minimum Gasteiger partial charge on any atom is -0.481 e. The highest BCUT2D eigenvalue weighted by atomic mass is 16.4. The zero-order chi connectivity index (χ0) is 58.7. The second kappa shape index (κ2) is 78.5. The summed E-state index contributed by atoms with van der Waals surface area (Å²) < 4.78 is 0. The minimum absolute atomic E-state index is 0.347. The maximum atomic E-state index is 10.5. The first-order valence-corrected chi connectivity index (χ1v) is 40.0. The maximum Gasteiger partial charge on any atom is 0.303 e. The molecular weight excluding hydrogens is 993 g/mol. The molecule has 0 spiro atoms. The molecule has 0 saturated heterocycles. The molecule has 0 radical (unpaired) electrons. The van der Waals surface area contributed by atoms with Crippen LogP contribution in [-0.2, 0) is 4.79 Å². The van der Waals surface area contributed by atoms with Gasteiger partial charge in [0.15, 0.2) is 0 Å². The third-order valence-corrected chi connectivity index (χ3v) is 19.5. The van der Waals surface area contributed by atoms with E-state index in [0.29, 0.717) is 6.42 Å². The van der Waals surface area contributed by atoms with Crippen LogP contribution < -0.4 is 0 Å². The molecule has 0 saturated carbocycles. The van der Waals surface area contributed by atoms with Crippen LogP contribution in [-0.4, -0.2) is 11.1 Å². The summed E-state index contributed by atoms with van der Waals surface area (Å²) in [4.78, 5) is 10.5. The number of rotatable bonds is 78. The fourth-order valence-corrected chi connectivity index (χ4v) is 13.6. The standard InChI is InChI=1S/C80H160O2/c1-2-3-4-5-6-7-8-9-10-11-12-13-14-15-16-17-18-19-20-21-22-23-24-25-26-27-28-29-30-31-32-33-34-35-36-37-38-39-40-41-42-43-44-45-46-47-48-49-50-51-52-53-54-55-56-57-58-59-60-61-62-63-64-65-66-67-68-69-70-71-72-73-74-75-76-77-78-79-80(81)82/h2-79H2,1H3,(H,81,82). The summed E-state index contributed by atoms with van der Waals surface area (Å²) in [6.07, 6.45) is 113. The summed E-state index contributed by atoms with van der Waals surface area (Å²) in [7, 11) is 0. The van der Waals surface area contributed by atoms with Gasteiger partial charge in [-0.1, -0.05) is 495 Å². The first-order valence-electron chi connectivity index (χ1n) is 40.0. The lowest BCUT2D eigenvalue weighted by molar-refractivity contribution is -0.137. The Morgan fingerprint density at radius 1 is 0.146 bits per heavy atom. The number of unbranched alkanes of at least 4 members (excludes halogenated alkanes) is 76. The Balaban J connectivity index is 3.08. The van der Waals surface area contributed by atoms with Crippen LogP contribution in [0, 0.1) is 0 Å². The molecule has 0 amide bonds. The Morgan fingerprint density at radius 2 is 0.220 bits per heavy atom. The smallest absolute Gasteiger partial charge is 0.303 e.